The Labute approximate surface area is 139 Å². The van der Waals surface area contributed by atoms with E-state index in [2.05, 4.69) is 4.98 Å². The van der Waals surface area contributed by atoms with Crippen LogP contribution in [-0.2, 0) is 17.8 Å². The summed E-state index contributed by atoms with van der Waals surface area (Å²) < 4.78 is 6.12. The fourth-order valence-corrected chi connectivity index (χ4v) is 3.01. The molecule has 0 amide bonds. The van der Waals surface area contributed by atoms with Gasteiger partial charge in [-0.1, -0.05) is 67.7 Å². The Bertz CT molecular complexity index is 900. The van der Waals surface area contributed by atoms with Gasteiger partial charge in [-0.25, -0.2) is 4.79 Å². The predicted molar refractivity (Wildman–Crippen MR) is 94.1 cm³/mol. The molecule has 4 heteroatoms. The minimum Gasteiger partial charge on any atom is -0.457 e. The van der Waals surface area contributed by atoms with E-state index in [1.165, 1.54) is 0 Å². The molecule has 1 N–H and O–H groups in total. The molecule has 116 valence electrons. The first-order chi connectivity index (χ1) is 11.2. The van der Waals surface area contributed by atoms with Crippen molar-refractivity contribution in [2.75, 3.05) is 0 Å². The lowest BCUT2D eigenvalue weighted by atomic mass is 10.0. The molecule has 3 aromatic rings. The molecule has 0 saturated carbocycles. The molecule has 2 aromatic carbocycles. The van der Waals surface area contributed by atoms with Crippen LogP contribution in [0.4, 0.5) is 0 Å². The topological polar surface area (TPSA) is 42.1 Å². The molecule has 0 fully saturated rings. The first kappa shape index (κ1) is 15.4. The lowest BCUT2D eigenvalue weighted by Gasteiger charge is -2.12. The number of para-hydroxylation sites is 1. The molecule has 0 aliphatic rings. The molecular weight excluding hydrogens is 306 g/mol. The van der Waals surface area contributed by atoms with Gasteiger partial charge in [-0.15, -0.1) is 0 Å². The molecule has 3 nitrogen and oxygen atoms in total. The van der Waals surface area contributed by atoms with Crippen molar-refractivity contribution < 1.29 is 9.53 Å². The number of fused-ring (bicyclic) bond motifs is 1. The summed E-state index contributed by atoms with van der Waals surface area (Å²) in [4.78, 5) is 15.9. The summed E-state index contributed by atoms with van der Waals surface area (Å²) in [5.41, 5.74) is 3.21. The summed E-state index contributed by atoms with van der Waals surface area (Å²) in [6.45, 7) is 2.24. The lowest BCUT2D eigenvalue weighted by molar-refractivity contribution is 0.0473. The van der Waals surface area contributed by atoms with Crippen molar-refractivity contribution in [2.24, 2.45) is 0 Å². The maximum absolute atomic E-state index is 12.7. The van der Waals surface area contributed by atoms with Crippen molar-refractivity contribution in [3.63, 3.8) is 0 Å². The van der Waals surface area contributed by atoms with E-state index in [0.717, 1.165) is 22.0 Å². The molecule has 0 radical (unpaired) electrons. The lowest BCUT2D eigenvalue weighted by Crippen LogP contribution is -2.10. The zero-order valence-corrected chi connectivity index (χ0v) is 13.7. The van der Waals surface area contributed by atoms with Gasteiger partial charge in [-0.05, 0) is 18.1 Å². The molecular formula is C19H17NO2S. The third kappa shape index (κ3) is 3.17. The minimum atomic E-state index is -0.331. The molecule has 0 bridgehead atoms. The number of nitrogens with one attached hydrogen (secondary N) is 1. The second-order valence-corrected chi connectivity index (χ2v) is 5.68. The van der Waals surface area contributed by atoms with E-state index in [4.69, 9.17) is 17.0 Å². The first-order valence-electron chi connectivity index (χ1n) is 7.55. The Hall–Kier alpha value is -2.46. The molecule has 3 rings (SSSR count). The van der Waals surface area contributed by atoms with Gasteiger partial charge in [0.2, 0.25) is 0 Å². The normalized spacial score (nSPS) is 10.7. The van der Waals surface area contributed by atoms with Gasteiger partial charge in [-0.2, -0.15) is 0 Å². The highest BCUT2D eigenvalue weighted by atomic mass is 32.1. The van der Waals surface area contributed by atoms with Crippen LogP contribution in [0.3, 0.4) is 0 Å². The van der Waals surface area contributed by atoms with Gasteiger partial charge in [-0.3, -0.25) is 0 Å². The molecule has 0 unspecified atom stereocenters. The zero-order chi connectivity index (χ0) is 16.2. The standard InChI is InChI=1S/C19H17NO2S/c1-2-14-17(15-10-6-7-11-16(15)20-18(14)23)19(21)22-12-13-8-4-3-5-9-13/h3-11H,2,12H2,1H3,(H,20,23). The minimum absolute atomic E-state index is 0.253. The summed E-state index contributed by atoms with van der Waals surface area (Å²) in [6.07, 6.45) is 0.677. The first-order valence-corrected chi connectivity index (χ1v) is 7.96. The quantitative estimate of drug-likeness (QED) is 0.553. The molecule has 1 aromatic heterocycles. The third-order valence-corrected chi connectivity index (χ3v) is 4.14. The Morgan fingerprint density at radius 1 is 1.09 bits per heavy atom. The number of H-pyrrole nitrogens is 1. The number of carbonyl (C=O) groups is 1. The number of hydrogen-bond acceptors (Lipinski definition) is 3. The van der Waals surface area contributed by atoms with Crippen molar-refractivity contribution in [1.82, 2.24) is 4.98 Å². The molecule has 0 spiro atoms. The van der Waals surface area contributed by atoms with Crippen molar-refractivity contribution in [1.29, 1.82) is 0 Å². The number of benzene rings is 2. The van der Waals surface area contributed by atoms with E-state index in [1.807, 2.05) is 61.5 Å². The average molecular weight is 323 g/mol. The monoisotopic (exact) mass is 323 g/mol. The summed E-state index contributed by atoms with van der Waals surface area (Å²) in [6, 6.07) is 17.3. The number of aromatic amines is 1. The maximum Gasteiger partial charge on any atom is 0.339 e. The Morgan fingerprint density at radius 3 is 2.52 bits per heavy atom. The maximum atomic E-state index is 12.7. The zero-order valence-electron chi connectivity index (χ0n) is 12.8. The van der Waals surface area contributed by atoms with Crippen LogP contribution in [0, 0.1) is 4.64 Å². The van der Waals surface area contributed by atoms with Crippen LogP contribution in [-0.4, -0.2) is 11.0 Å². The second-order valence-electron chi connectivity index (χ2n) is 5.27. The van der Waals surface area contributed by atoms with Crippen LogP contribution in [0.5, 0.6) is 0 Å². The van der Waals surface area contributed by atoms with Gasteiger partial charge >= 0.3 is 5.97 Å². The van der Waals surface area contributed by atoms with Crippen LogP contribution in [0.2, 0.25) is 0 Å². The summed E-state index contributed by atoms with van der Waals surface area (Å²) in [5.74, 6) is -0.331. The summed E-state index contributed by atoms with van der Waals surface area (Å²) in [5, 5.41) is 0.844. The number of ether oxygens (including phenoxy) is 1. The smallest absolute Gasteiger partial charge is 0.339 e. The molecule has 23 heavy (non-hydrogen) atoms. The number of rotatable bonds is 4. The Kier molecular flexibility index (Phi) is 4.53. The highest BCUT2D eigenvalue weighted by Gasteiger charge is 2.18. The predicted octanol–water partition coefficient (Wildman–Crippen LogP) is 4.82. The highest BCUT2D eigenvalue weighted by Crippen LogP contribution is 2.23. The van der Waals surface area contributed by atoms with Gasteiger partial charge in [0.1, 0.15) is 11.2 Å². The number of aromatic nitrogens is 1. The SMILES string of the molecule is CCc1c(C(=O)OCc2ccccc2)c2ccccc2[nH]c1=S. The highest BCUT2D eigenvalue weighted by molar-refractivity contribution is 7.71. The van der Waals surface area contributed by atoms with E-state index < -0.39 is 0 Å². The van der Waals surface area contributed by atoms with Crippen LogP contribution >= 0.6 is 12.2 Å². The number of pyridine rings is 1. The Morgan fingerprint density at radius 2 is 1.78 bits per heavy atom. The van der Waals surface area contributed by atoms with Gasteiger partial charge in [0.25, 0.3) is 0 Å². The second kappa shape index (κ2) is 6.75. The third-order valence-electron chi connectivity index (χ3n) is 3.79. The Balaban J connectivity index is 2.00. The molecule has 0 aliphatic carbocycles. The van der Waals surface area contributed by atoms with Crippen molar-refractivity contribution in [3.05, 3.63) is 75.9 Å². The fraction of sp³-hybridized carbons (Fsp3) is 0.158. The summed E-state index contributed by atoms with van der Waals surface area (Å²) >= 11 is 5.40. The van der Waals surface area contributed by atoms with Crippen LogP contribution in [0.25, 0.3) is 10.9 Å². The fourth-order valence-electron chi connectivity index (χ4n) is 2.65. The van der Waals surface area contributed by atoms with E-state index in [0.29, 0.717) is 16.6 Å². The number of carbonyl (C=O) groups excluding carboxylic acids is 1. The summed E-state index contributed by atoms with van der Waals surface area (Å²) in [7, 11) is 0. The number of esters is 1. The van der Waals surface area contributed by atoms with Gasteiger partial charge in [0.05, 0.1) is 5.56 Å². The molecule has 1 heterocycles. The largest absolute Gasteiger partial charge is 0.457 e. The van der Waals surface area contributed by atoms with E-state index >= 15 is 0 Å². The average Bonchev–Trinajstić information content (AvgIpc) is 2.59. The van der Waals surface area contributed by atoms with E-state index in [1.54, 1.807) is 0 Å². The van der Waals surface area contributed by atoms with Gasteiger partial charge in [0, 0.05) is 16.5 Å². The van der Waals surface area contributed by atoms with Crippen LogP contribution < -0.4 is 0 Å². The van der Waals surface area contributed by atoms with Crippen LogP contribution in [0.1, 0.15) is 28.4 Å². The molecule has 0 saturated heterocycles. The molecule has 0 aliphatic heterocycles. The van der Waals surface area contributed by atoms with Gasteiger partial charge in [0.15, 0.2) is 0 Å². The number of hydrogen-bond donors (Lipinski definition) is 1. The van der Waals surface area contributed by atoms with E-state index in [-0.39, 0.29) is 12.6 Å². The molecule has 0 atom stereocenters. The van der Waals surface area contributed by atoms with Crippen LogP contribution in [0.15, 0.2) is 54.6 Å². The van der Waals surface area contributed by atoms with E-state index in [9.17, 15) is 4.79 Å². The van der Waals surface area contributed by atoms with Crippen molar-refractivity contribution >= 4 is 29.1 Å². The van der Waals surface area contributed by atoms with Crippen molar-refractivity contribution in [2.45, 2.75) is 20.0 Å². The van der Waals surface area contributed by atoms with Gasteiger partial charge < -0.3 is 9.72 Å². The van der Waals surface area contributed by atoms with Crippen molar-refractivity contribution in [3.8, 4) is 0 Å².